The highest BCUT2D eigenvalue weighted by atomic mass is 16.1. The second-order valence-corrected chi connectivity index (χ2v) is 5.33. The van der Waals surface area contributed by atoms with E-state index in [1.54, 1.807) is 0 Å². The molecule has 0 spiro atoms. The lowest BCUT2D eigenvalue weighted by Crippen LogP contribution is -2.44. The quantitative estimate of drug-likeness (QED) is 0.859. The van der Waals surface area contributed by atoms with E-state index < -0.39 is 0 Å². The molecule has 4 heteroatoms. The molecule has 3 N–H and O–H groups in total. The van der Waals surface area contributed by atoms with E-state index in [2.05, 4.69) is 34.5 Å². The lowest BCUT2D eigenvalue weighted by Gasteiger charge is -2.33. The van der Waals surface area contributed by atoms with Gasteiger partial charge in [0.2, 0.25) is 5.91 Å². The Morgan fingerprint density at radius 2 is 2.20 bits per heavy atom. The molecule has 1 amide bonds. The third-order valence-electron chi connectivity index (χ3n) is 3.90. The minimum Gasteiger partial charge on any atom is -0.367 e. The Morgan fingerprint density at radius 3 is 2.95 bits per heavy atom. The van der Waals surface area contributed by atoms with Crippen molar-refractivity contribution in [2.45, 2.75) is 38.6 Å². The van der Waals surface area contributed by atoms with Crippen LogP contribution in [0.1, 0.15) is 31.7 Å². The molecule has 0 saturated carbocycles. The number of para-hydroxylation sites is 1. The van der Waals surface area contributed by atoms with Crippen LogP contribution in [0.15, 0.2) is 24.3 Å². The van der Waals surface area contributed by atoms with Crippen LogP contribution in [0.5, 0.6) is 0 Å². The van der Waals surface area contributed by atoms with Gasteiger partial charge in [0.05, 0.1) is 0 Å². The molecule has 1 aliphatic rings. The third kappa shape index (κ3) is 3.51. The zero-order chi connectivity index (χ0) is 14.4. The van der Waals surface area contributed by atoms with Crippen LogP contribution >= 0.6 is 0 Å². The Kier molecular flexibility index (Phi) is 5.41. The highest BCUT2D eigenvalue weighted by Crippen LogP contribution is 2.28. The summed E-state index contributed by atoms with van der Waals surface area (Å²) in [5.41, 5.74) is 8.56. The number of nitrogens with zero attached hydrogens (tertiary/aromatic N) is 1. The SMILES string of the molecule is CCNC(=O)CC(CN)N1CCCCc2ccccc21. The fourth-order valence-electron chi connectivity index (χ4n) is 2.90. The standard InChI is InChI=1S/C16H25N3O/c1-2-18-16(20)11-14(12-17)19-10-6-5-8-13-7-3-4-9-15(13)19/h3-4,7,9,14H,2,5-6,8,10-12,17H2,1H3,(H,18,20). The van der Waals surface area contributed by atoms with Crippen molar-refractivity contribution >= 4 is 11.6 Å². The van der Waals surface area contributed by atoms with Crippen molar-refractivity contribution in [2.75, 3.05) is 24.5 Å². The largest absolute Gasteiger partial charge is 0.367 e. The number of carbonyl (C=O) groups excluding carboxylic acids is 1. The van der Waals surface area contributed by atoms with Gasteiger partial charge in [0.25, 0.3) is 0 Å². The molecule has 1 aromatic carbocycles. The van der Waals surface area contributed by atoms with Crippen molar-refractivity contribution in [3.05, 3.63) is 29.8 Å². The van der Waals surface area contributed by atoms with E-state index in [-0.39, 0.29) is 11.9 Å². The minimum atomic E-state index is 0.0841. The normalized spacial score (nSPS) is 16.2. The number of anilines is 1. The molecule has 0 aliphatic carbocycles. The maximum atomic E-state index is 11.9. The molecular formula is C16H25N3O. The summed E-state index contributed by atoms with van der Waals surface area (Å²) in [5.74, 6) is 0.0877. The van der Waals surface area contributed by atoms with Crippen molar-refractivity contribution in [3.63, 3.8) is 0 Å². The fraction of sp³-hybridized carbons (Fsp3) is 0.562. The molecule has 20 heavy (non-hydrogen) atoms. The summed E-state index contributed by atoms with van der Waals surface area (Å²) in [5, 5.41) is 2.87. The fourth-order valence-corrected chi connectivity index (χ4v) is 2.90. The van der Waals surface area contributed by atoms with Gasteiger partial charge in [-0.05, 0) is 37.8 Å². The maximum Gasteiger partial charge on any atom is 0.222 e. The molecule has 4 nitrogen and oxygen atoms in total. The Morgan fingerprint density at radius 1 is 1.40 bits per heavy atom. The van der Waals surface area contributed by atoms with Crippen LogP contribution in [-0.4, -0.2) is 31.6 Å². The highest BCUT2D eigenvalue weighted by molar-refractivity contribution is 5.77. The number of aryl methyl sites for hydroxylation is 1. The molecule has 1 unspecified atom stereocenters. The van der Waals surface area contributed by atoms with E-state index in [0.717, 1.165) is 19.4 Å². The van der Waals surface area contributed by atoms with E-state index in [1.807, 2.05) is 6.92 Å². The summed E-state index contributed by atoms with van der Waals surface area (Å²) < 4.78 is 0. The first-order valence-electron chi connectivity index (χ1n) is 7.57. The van der Waals surface area contributed by atoms with Gasteiger partial charge in [-0.1, -0.05) is 18.2 Å². The number of nitrogens with two attached hydrogens (primary N) is 1. The molecule has 1 aliphatic heterocycles. The predicted octanol–water partition coefficient (Wildman–Crippen LogP) is 1.68. The van der Waals surface area contributed by atoms with Crippen molar-refractivity contribution in [1.82, 2.24) is 5.32 Å². The van der Waals surface area contributed by atoms with Gasteiger partial charge in [-0.3, -0.25) is 4.79 Å². The molecular weight excluding hydrogens is 250 g/mol. The average molecular weight is 275 g/mol. The number of rotatable bonds is 5. The van der Waals surface area contributed by atoms with Crippen LogP contribution in [-0.2, 0) is 11.2 Å². The van der Waals surface area contributed by atoms with E-state index in [0.29, 0.717) is 19.5 Å². The molecule has 110 valence electrons. The number of nitrogens with one attached hydrogen (secondary N) is 1. The van der Waals surface area contributed by atoms with Gasteiger partial charge >= 0.3 is 0 Å². The highest BCUT2D eigenvalue weighted by Gasteiger charge is 2.23. The number of fused-ring (bicyclic) bond motifs is 1. The monoisotopic (exact) mass is 275 g/mol. The van der Waals surface area contributed by atoms with Crippen LogP contribution in [0.4, 0.5) is 5.69 Å². The topological polar surface area (TPSA) is 58.4 Å². The summed E-state index contributed by atoms with van der Waals surface area (Å²) in [6, 6.07) is 8.58. The number of benzene rings is 1. The molecule has 0 aromatic heterocycles. The molecule has 0 bridgehead atoms. The van der Waals surface area contributed by atoms with Crippen LogP contribution in [0.2, 0.25) is 0 Å². The first kappa shape index (κ1) is 14.9. The van der Waals surface area contributed by atoms with Gasteiger partial charge in [0, 0.05) is 37.8 Å². The second-order valence-electron chi connectivity index (χ2n) is 5.33. The lowest BCUT2D eigenvalue weighted by molar-refractivity contribution is -0.121. The molecule has 1 atom stereocenters. The van der Waals surface area contributed by atoms with E-state index in [1.165, 1.54) is 17.7 Å². The number of hydrogen-bond acceptors (Lipinski definition) is 3. The summed E-state index contributed by atoms with van der Waals surface area (Å²) in [6.07, 6.45) is 3.94. The van der Waals surface area contributed by atoms with Gasteiger partial charge in [0.1, 0.15) is 0 Å². The van der Waals surface area contributed by atoms with Gasteiger partial charge in [-0.25, -0.2) is 0 Å². The van der Waals surface area contributed by atoms with E-state index >= 15 is 0 Å². The molecule has 1 heterocycles. The molecule has 2 rings (SSSR count). The van der Waals surface area contributed by atoms with Crippen LogP contribution < -0.4 is 16.0 Å². The van der Waals surface area contributed by atoms with Crippen molar-refractivity contribution < 1.29 is 4.79 Å². The third-order valence-corrected chi connectivity index (χ3v) is 3.90. The zero-order valence-electron chi connectivity index (χ0n) is 12.3. The Balaban J connectivity index is 2.18. The van der Waals surface area contributed by atoms with Gasteiger partial charge in [0.15, 0.2) is 0 Å². The van der Waals surface area contributed by atoms with E-state index in [9.17, 15) is 4.79 Å². The first-order valence-corrected chi connectivity index (χ1v) is 7.57. The zero-order valence-corrected chi connectivity index (χ0v) is 12.3. The minimum absolute atomic E-state index is 0.0841. The maximum absolute atomic E-state index is 11.9. The molecule has 1 aromatic rings. The molecule has 0 radical (unpaired) electrons. The average Bonchev–Trinajstić information content (AvgIpc) is 2.67. The number of amides is 1. The van der Waals surface area contributed by atoms with Gasteiger partial charge in [-0.15, -0.1) is 0 Å². The summed E-state index contributed by atoms with van der Waals surface area (Å²) in [7, 11) is 0. The summed E-state index contributed by atoms with van der Waals surface area (Å²) >= 11 is 0. The number of hydrogen-bond donors (Lipinski definition) is 2. The van der Waals surface area contributed by atoms with Crippen molar-refractivity contribution in [2.24, 2.45) is 5.73 Å². The Labute approximate surface area is 121 Å². The Bertz CT molecular complexity index is 447. The molecule has 0 fully saturated rings. The van der Waals surface area contributed by atoms with E-state index in [4.69, 9.17) is 5.73 Å². The lowest BCUT2D eigenvalue weighted by atomic mass is 10.1. The Hall–Kier alpha value is -1.55. The summed E-state index contributed by atoms with van der Waals surface area (Å²) in [6.45, 7) is 4.10. The van der Waals surface area contributed by atoms with Crippen LogP contribution in [0.3, 0.4) is 0 Å². The molecule has 0 saturated heterocycles. The van der Waals surface area contributed by atoms with Crippen LogP contribution in [0.25, 0.3) is 0 Å². The van der Waals surface area contributed by atoms with Gasteiger partial charge in [-0.2, -0.15) is 0 Å². The predicted molar refractivity (Wildman–Crippen MR) is 82.9 cm³/mol. The van der Waals surface area contributed by atoms with Crippen molar-refractivity contribution in [1.29, 1.82) is 0 Å². The van der Waals surface area contributed by atoms with Gasteiger partial charge < -0.3 is 16.0 Å². The van der Waals surface area contributed by atoms with Crippen LogP contribution in [0, 0.1) is 0 Å². The smallest absolute Gasteiger partial charge is 0.222 e. The number of carbonyl (C=O) groups is 1. The second kappa shape index (κ2) is 7.29. The summed E-state index contributed by atoms with van der Waals surface area (Å²) in [4.78, 5) is 14.2. The van der Waals surface area contributed by atoms with Crippen molar-refractivity contribution in [3.8, 4) is 0 Å². The first-order chi connectivity index (χ1) is 9.76.